The van der Waals surface area contributed by atoms with Crippen LogP contribution in [0.15, 0.2) is 0 Å². The molecule has 1 aliphatic rings. The molecule has 0 aromatic carbocycles. The summed E-state index contributed by atoms with van der Waals surface area (Å²) in [6.07, 6.45) is 3.67. The highest BCUT2D eigenvalue weighted by Gasteiger charge is 2.18. The lowest BCUT2D eigenvalue weighted by Crippen LogP contribution is -2.39. The molecule has 0 aromatic rings. The normalized spacial score (nSPS) is 17.4. The molecule has 2 N–H and O–H groups in total. The SMILES string of the molecule is COC(=O)[C@@H](C)NC(=O)CCC1CCNCC1.Cl. The standard InChI is InChI=1S/C12H22N2O3.ClH/c1-9(12(16)17-2)14-11(15)4-3-10-5-7-13-8-6-10;/h9-10,13H,3-8H2,1-2H3,(H,14,15);1H/t9-;/m1./s1. The van der Waals surface area contributed by atoms with Gasteiger partial charge in [-0.25, -0.2) is 4.79 Å². The lowest BCUT2D eigenvalue weighted by Gasteiger charge is -2.22. The Balaban J connectivity index is 0.00000289. The fourth-order valence-corrected chi connectivity index (χ4v) is 2.05. The van der Waals surface area contributed by atoms with Gasteiger partial charge in [-0.15, -0.1) is 12.4 Å². The van der Waals surface area contributed by atoms with E-state index in [0.717, 1.165) is 32.4 Å². The molecule has 0 radical (unpaired) electrons. The van der Waals surface area contributed by atoms with E-state index in [4.69, 9.17) is 0 Å². The van der Waals surface area contributed by atoms with Crippen molar-refractivity contribution in [3.05, 3.63) is 0 Å². The third kappa shape index (κ3) is 6.21. The minimum Gasteiger partial charge on any atom is -0.467 e. The Morgan fingerprint density at radius 2 is 2.00 bits per heavy atom. The third-order valence-electron chi connectivity index (χ3n) is 3.17. The van der Waals surface area contributed by atoms with Crippen molar-refractivity contribution in [1.29, 1.82) is 0 Å². The van der Waals surface area contributed by atoms with Gasteiger partial charge >= 0.3 is 5.97 Å². The molecule has 18 heavy (non-hydrogen) atoms. The molecule has 0 saturated carbocycles. The fourth-order valence-electron chi connectivity index (χ4n) is 2.05. The number of amides is 1. The van der Waals surface area contributed by atoms with Crippen molar-refractivity contribution in [1.82, 2.24) is 10.6 Å². The molecule has 5 nitrogen and oxygen atoms in total. The monoisotopic (exact) mass is 278 g/mol. The molecule has 0 spiro atoms. The molecule has 0 bridgehead atoms. The summed E-state index contributed by atoms with van der Waals surface area (Å²) in [5, 5.41) is 5.94. The average Bonchev–Trinajstić information content (AvgIpc) is 2.36. The number of piperidine rings is 1. The topological polar surface area (TPSA) is 67.4 Å². The van der Waals surface area contributed by atoms with Gasteiger partial charge in [-0.3, -0.25) is 4.79 Å². The molecule has 1 atom stereocenters. The van der Waals surface area contributed by atoms with Gasteiger partial charge in [0.05, 0.1) is 7.11 Å². The first-order valence-electron chi connectivity index (χ1n) is 6.21. The summed E-state index contributed by atoms with van der Waals surface area (Å²) in [6.45, 7) is 3.73. The van der Waals surface area contributed by atoms with Crippen molar-refractivity contribution in [3.63, 3.8) is 0 Å². The van der Waals surface area contributed by atoms with E-state index >= 15 is 0 Å². The molecule has 0 aliphatic carbocycles. The molecule has 1 aliphatic heterocycles. The minimum atomic E-state index is -0.555. The lowest BCUT2D eigenvalue weighted by molar-refractivity contribution is -0.144. The Labute approximate surface area is 114 Å². The first-order chi connectivity index (χ1) is 8.13. The first-order valence-corrected chi connectivity index (χ1v) is 6.21. The molecule has 1 fully saturated rings. The average molecular weight is 279 g/mol. The number of nitrogens with one attached hydrogen (secondary N) is 2. The Kier molecular flexibility index (Phi) is 8.75. The molecular formula is C12H23ClN2O3. The molecule has 106 valence electrons. The molecule has 1 saturated heterocycles. The largest absolute Gasteiger partial charge is 0.467 e. The van der Waals surface area contributed by atoms with Crippen LogP contribution in [0.4, 0.5) is 0 Å². The maximum atomic E-state index is 11.6. The van der Waals surface area contributed by atoms with Crippen molar-refractivity contribution < 1.29 is 14.3 Å². The summed E-state index contributed by atoms with van der Waals surface area (Å²) in [7, 11) is 1.32. The van der Waals surface area contributed by atoms with Crippen LogP contribution in [0.1, 0.15) is 32.6 Å². The number of esters is 1. The maximum absolute atomic E-state index is 11.6. The highest BCUT2D eigenvalue weighted by molar-refractivity contribution is 5.85. The minimum absolute atomic E-state index is 0. The van der Waals surface area contributed by atoms with E-state index in [1.807, 2.05) is 0 Å². The third-order valence-corrected chi connectivity index (χ3v) is 3.17. The van der Waals surface area contributed by atoms with Gasteiger partial charge in [-0.1, -0.05) is 0 Å². The van der Waals surface area contributed by atoms with Crippen LogP contribution in [0.3, 0.4) is 0 Å². The summed E-state index contributed by atoms with van der Waals surface area (Å²) in [4.78, 5) is 22.7. The quantitative estimate of drug-likeness (QED) is 0.732. The van der Waals surface area contributed by atoms with Crippen LogP contribution in [0.2, 0.25) is 0 Å². The number of carbonyl (C=O) groups is 2. The Morgan fingerprint density at radius 3 is 2.56 bits per heavy atom. The van der Waals surface area contributed by atoms with Crippen LogP contribution in [0.5, 0.6) is 0 Å². The van der Waals surface area contributed by atoms with Gasteiger partial charge in [0.15, 0.2) is 0 Å². The molecule has 1 rings (SSSR count). The van der Waals surface area contributed by atoms with E-state index in [-0.39, 0.29) is 18.3 Å². The van der Waals surface area contributed by atoms with Gasteiger partial charge in [0.1, 0.15) is 6.04 Å². The van der Waals surface area contributed by atoms with Gasteiger partial charge in [-0.05, 0) is 45.2 Å². The highest BCUT2D eigenvalue weighted by atomic mass is 35.5. The van der Waals surface area contributed by atoms with Crippen molar-refractivity contribution in [2.75, 3.05) is 20.2 Å². The van der Waals surface area contributed by atoms with Gasteiger partial charge in [-0.2, -0.15) is 0 Å². The number of halogens is 1. The van der Waals surface area contributed by atoms with Gasteiger partial charge in [0, 0.05) is 6.42 Å². The molecule has 1 heterocycles. The zero-order chi connectivity index (χ0) is 12.7. The van der Waals surface area contributed by atoms with Crippen LogP contribution in [-0.2, 0) is 14.3 Å². The Hall–Kier alpha value is -0.810. The maximum Gasteiger partial charge on any atom is 0.328 e. The van der Waals surface area contributed by atoms with E-state index in [1.54, 1.807) is 6.92 Å². The van der Waals surface area contributed by atoms with Crippen molar-refractivity contribution >= 4 is 24.3 Å². The van der Waals surface area contributed by atoms with Gasteiger partial charge < -0.3 is 15.4 Å². The molecule has 0 aromatic heterocycles. The van der Waals surface area contributed by atoms with Gasteiger partial charge in [0.2, 0.25) is 5.91 Å². The van der Waals surface area contributed by atoms with Crippen LogP contribution in [0.25, 0.3) is 0 Å². The van der Waals surface area contributed by atoms with Crippen LogP contribution in [-0.4, -0.2) is 38.1 Å². The van der Waals surface area contributed by atoms with E-state index < -0.39 is 12.0 Å². The number of methoxy groups -OCH3 is 1. The van der Waals surface area contributed by atoms with E-state index in [9.17, 15) is 9.59 Å². The number of carbonyl (C=O) groups excluding carboxylic acids is 2. The molecule has 1 amide bonds. The summed E-state index contributed by atoms with van der Waals surface area (Å²) in [5.41, 5.74) is 0. The summed E-state index contributed by atoms with van der Waals surface area (Å²) < 4.78 is 4.55. The smallest absolute Gasteiger partial charge is 0.328 e. The summed E-state index contributed by atoms with van der Waals surface area (Å²) in [5.74, 6) is 0.164. The predicted molar refractivity (Wildman–Crippen MR) is 71.7 cm³/mol. The van der Waals surface area contributed by atoms with Crippen LogP contribution >= 0.6 is 12.4 Å². The number of hydrogen-bond donors (Lipinski definition) is 2. The number of hydrogen-bond acceptors (Lipinski definition) is 4. The van der Waals surface area contributed by atoms with Crippen LogP contribution < -0.4 is 10.6 Å². The lowest BCUT2D eigenvalue weighted by atomic mass is 9.93. The second-order valence-electron chi connectivity index (χ2n) is 4.54. The van der Waals surface area contributed by atoms with E-state index in [1.165, 1.54) is 7.11 Å². The highest BCUT2D eigenvalue weighted by Crippen LogP contribution is 2.17. The fraction of sp³-hybridized carbons (Fsp3) is 0.833. The molecule has 0 unspecified atom stereocenters. The zero-order valence-electron chi connectivity index (χ0n) is 11.0. The van der Waals surface area contributed by atoms with Crippen molar-refractivity contribution in [2.45, 2.75) is 38.6 Å². The van der Waals surface area contributed by atoms with Gasteiger partial charge in [0.25, 0.3) is 0 Å². The molecule has 6 heteroatoms. The Bertz CT molecular complexity index is 268. The second-order valence-corrected chi connectivity index (χ2v) is 4.54. The number of ether oxygens (including phenoxy) is 1. The first kappa shape index (κ1) is 17.2. The Morgan fingerprint density at radius 1 is 1.39 bits per heavy atom. The van der Waals surface area contributed by atoms with Crippen molar-refractivity contribution in [2.24, 2.45) is 5.92 Å². The number of rotatable bonds is 5. The van der Waals surface area contributed by atoms with Crippen LogP contribution in [0, 0.1) is 5.92 Å². The summed E-state index contributed by atoms with van der Waals surface area (Å²) in [6, 6.07) is -0.555. The predicted octanol–water partition coefficient (Wildman–Crippen LogP) is 0.866. The zero-order valence-corrected chi connectivity index (χ0v) is 11.8. The van der Waals surface area contributed by atoms with Crippen molar-refractivity contribution in [3.8, 4) is 0 Å². The molecular weight excluding hydrogens is 256 g/mol. The van der Waals surface area contributed by atoms with E-state index in [2.05, 4.69) is 15.4 Å². The van der Waals surface area contributed by atoms with E-state index in [0.29, 0.717) is 12.3 Å². The summed E-state index contributed by atoms with van der Waals surface area (Å²) >= 11 is 0. The second kappa shape index (κ2) is 9.16.